The van der Waals surface area contributed by atoms with Crippen LogP contribution in [0, 0.1) is 0 Å². The van der Waals surface area contributed by atoms with Crippen LogP contribution in [0.1, 0.15) is 4.88 Å². The van der Waals surface area contributed by atoms with Crippen LogP contribution in [0.25, 0.3) is 10.4 Å². The molecule has 4 rings (SSSR count). The summed E-state index contributed by atoms with van der Waals surface area (Å²) in [7, 11) is -3.80. The fourth-order valence-corrected chi connectivity index (χ4v) is 5.38. The first-order chi connectivity index (χ1) is 13.9. The third kappa shape index (κ3) is 4.79. The molecular formula is C20H21ClN4O2S2. The van der Waals surface area contributed by atoms with Crippen molar-refractivity contribution in [1.82, 2.24) is 9.88 Å². The van der Waals surface area contributed by atoms with Gasteiger partial charge in [0.1, 0.15) is 10.7 Å². The molecule has 0 spiro atoms. The fourth-order valence-electron chi connectivity index (χ4n) is 3.44. The van der Waals surface area contributed by atoms with E-state index in [0.29, 0.717) is 18.9 Å². The summed E-state index contributed by atoms with van der Waals surface area (Å²) in [5, 5.41) is 6.08. The SMILES string of the molecule is NS(=O)(=O)c1cccnc1N1CCN(Cc2ccc(-c3cccc(Cl)c3)s2)CC1. The van der Waals surface area contributed by atoms with E-state index in [1.54, 1.807) is 23.6 Å². The maximum absolute atomic E-state index is 11.8. The van der Waals surface area contributed by atoms with Crippen LogP contribution in [0.4, 0.5) is 5.82 Å². The number of benzene rings is 1. The predicted molar refractivity (Wildman–Crippen MR) is 118 cm³/mol. The van der Waals surface area contributed by atoms with Gasteiger partial charge in [-0.2, -0.15) is 0 Å². The van der Waals surface area contributed by atoms with Gasteiger partial charge in [0.2, 0.25) is 10.0 Å². The molecule has 0 bridgehead atoms. The van der Waals surface area contributed by atoms with Crippen molar-refractivity contribution in [1.29, 1.82) is 0 Å². The van der Waals surface area contributed by atoms with Gasteiger partial charge in [-0.05, 0) is 42.0 Å². The summed E-state index contributed by atoms with van der Waals surface area (Å²) in [6.07, 6.45) is 1.60. The fraction of sp³-hybridized carbons (Fsp3) is 0.250. The van der Waals surface area contributed by atoms with Crippen LogP contribution in [-0.4, -0.2) is 44.5 Å². The van der Waals surface area contributed by atoms with E-state index < -0.39 is 10.0 Å². The highest BCUT2D eigenvalue weighted by Gasteiger charge is 2.24. The van der Waals surface area contributed by atoms with Crippen LogP contribution in [0.3, 0.4) is 0 Å². The minimum absolute atomic E-state index is 0.0814. The van der Waals surface area contributed by atoms with Gasteiger partial charge in [0, 0.05) is 53.7 Å². The highest BCUT2D eigenvalue weighted by atomic mass is 35.5. The second kappa shape index (κ2) is 8.41. The summed E-state index contributed by atoms with van der Waals surface area (Å²) >= 11 is 7.87. The van der Waals surface area contributed by atoms with Crippen molar-refractivity contribution in [3.05, 3.63) is 64.6 Å². The highest BCUT2D eigenvalue weighted by Crippen LogP contribution is 2.31. The molecule has 1 aliphatic rings. The molecule has 3 heterocycles. The number of aromatic nitrogens is 1. The number of hydrogen-bond acceptors (Lipinski definition) is 6. The van der Waals surface area contributed by atoms with Crippen LogP contribution in [0.2, 0.25) is 5.02 Å². The summed E-state index contributed by atoms with van der Waals surface area (Å²) < 4.78 is 23.7. The Morgan fingerprint density at radius 1 is 1.07 bits per heavy atom. The number of sulfonamides is 1. The summed E-state index contributed by atoms with van der Waals surface area (Å²) in [6, 6.07) is 15.3. The van der Waals surface area contributed by atoms with Crippen molar-refractivity contribution >= 4 is 38.8 Å². The number of thiophene rings is 1. The number of pyridine rings is 1. The van der Waals surface area contributed by atoms with Crippen LogP contribution < -0.4 is 10.0 Å². The Labute approximate surface area is 179 Å². The molecule has 152 valence electrons. The molecule has 1 aliphatic heterocycles. The van der Waals surface area contributed by atoms with Crippen LogP contribution in [0.15, 0.2) is 59.6 Å². The number of piperazine rings is 1. The molecular weight excluding hydrogens is 428 g/mol. The lowest BCUT2D eigenvalue weighted by Gasteiger charge is -2.35. The van der Waals surface area contributed by atoms with Gasteiger partial charge in [-0.3, -0.25) is 4.90 Å². The molecule has 0 amide bonds. The lowest BCUT2D eigenvalue weighted by molar-refractivity contribution is 0.251. The van der Waals surface area contributed by atoms with Gasteiger partial charge >= 0.3 is 0 Å². The van der Waals surface area contributed by atoms with Gasteiger partial charge in [0.15, 0.2) is 0 Å². The minimum atomic E-state index is -3.80. The molecule has 3 aromatic rings. The lowest BCUT2D eigenvalue weighted by Crippen LogP contribution is -2.46. The Balaban J connectivity index is 1.40. The molecule has 2 N–H and O–H groups in total. The number of anilines is 1. The van der Waals surface area contributed by atoms with Crippen LogP contribution in [0.5, 0.6) is 0 Å². The molecule has 0 aliphatic carbocycles. The van der Waals surface area contributed by atoms with Crippen LogP contribution >= 0.6 is 22.9 Å². The molecule has 1 aromatic carbocycles. The third-order valence-corrected chi connectivity index (χ3v) is 7.17. The van der Waals surface area contributed by atoms with E-state index in [9.17, 15) is 8.42 Å². The molecule has 2 aromatic heterocycles. The van der Waals surface area contributed by atoms with E-state index in [2.05, 4.69) is 28.1 Å². The van der Waals surface area contributed by atoms with Crippen molar-refractivity contribution in [2.45, 2.75) is 11.4 Å². The van der Waals surface area contributed by atoms with Crippen LogP contribution in [-0.2, 0) is 16.6 Å². The Bertz CT molecular complexity index is 1110. The largest absolute Gasteiger partial charge is 0.353 e. The Hall–Kier alpha value is -1.97. The highest BCUT2D eigenvalue weighted by molar-refractivity contribution is 7.89. The first-order valence-corrected chi connectivity index (χ1v) is 11.9. The Morgan fingerprint density at radius 3 is 2.59 bits per heavy atom. The average Bonchev–Trinajstić information content (AvgIpc) is 3.16. The molecule has 0 saturated carbocycles. The van der Waals surface area contributed by atoms with E-state index in [0.717, 1.165) is 30.2 Å². The van der Waals surface area contributed by atoms with Gasteiger partial charge in [0.05, 0.1) is 0 Å². The van der Waals surface area contributed by atoms with E-state index in [1.807, 2.05) is 23.1 Å². The van der Waals surface area contributed by atoms with Gasteiger partial charge in [-0.25, -0.2) is 18.5 Å². The Morgan fingerprint density at radius 2 is 1.86 bits per heavy atom. The quantitative estimate of drug-likeness (QED) is 0.646. The smallest absolute Gasteiger partial charge is 0.241 e. The third-order valence-electron chi connectivity index (χ3n) is 4.88. The molecule has 6 nitrogen and oxygen atoms in total. The van der Waals surface area contributed by atoms with Gasteiger partial charge in [0.25, 0.3) is 0 Å². The van der Waals surface area contributed by atoms with Crippen molar-refractivity contribution in [2.75, 3.05) is 31.1 Å². The number of nitrogens with two attached hydrogens (primary N) is 1. The van der Waals surface area contributed by atoms with Crippen molar-refractivity contribution in [2.24, 2.45) is 5.14 Å². The first-order valence-electron chi connectivity index (χ1n) is 9.20. The van der Waals surface area contributed by atoms with Crippen molar-refractivity contribution in [3.63, 3.8) is 0 Å². The molecule has 9 heteroatoms. The number of nitrogens with zero attached hydrogens (tertiary/aromatic N) is 3. The number of primary sulfonamides is 1. The van der Waals surface area contributed by atoms with Crippen molar-refractivity contribution < 1.29 is 8.42 Å². The summed E-state index contributed by atoms with van der Waals surface area (Å²) in [5.74, 6) is 0.439. The maximum Gasteiger partial charge on any atom is 0.241 e. The molecule has 0 unspecified atom stereocenters. The monoisotopic (exact) mass is 448 g/mol. The number of rotatable bonds is 5. The lowest BCUT2D eigenvalue weighted by atomic mass is 10.2. The zero-order chi connectivity index (χ0) is 20.4. The molecule has 0 radical (unpaired) electrons. The summed E-state index contributed by atoms with van der Waals surface area (Å²) in [5.41, 5.74) is 1.13. The topological polar surface area (TPSA) is 79.5 Å². The first kappa shape index (κ1) is 20.3. The molecule has 1 fully saturated rings. The Kier molecular flexibility index (Phi) is 5.89. The maximum atomic E-state index is 11.8. The second-order valence-electron chi connectivity index (χ2n) is 6.91. The molecule has 0 atom stereocenters. The molecule has 29 heavy (non-hydrogen) atoms. The normalized spacial score (nSPS) is 15.6. The number of halogens is 1. The van der Waals surface area contributed by atoms with E-state index in [1.165, 1.54) is 15.8 Å². The second-order valence-corrected chi connectivity index (χ2v) is 10.0. The van der Waals surface area contributed by atoms with E-state index in [-0.39, 0.29) is 4.90 Å². The van der Waals surface area contributed by atoms with E-state index >= 15 is 0 Å². The zero-order valence-electron chi connectivity index (χ0n) is 15.7. The summed E-state index contributed by atoms with van der Waals surface area (Å²) in [6.45, 7) is 3.91. The van der Waals surface area contributed by atoms with Crippen molar-refractivity contribution in [3.8, 4) is 10.4 Å². The van der Waals surface area contributed by atoms with Gasteiger partial charge < -0.3 is 4.90 Å². The standard InChI is InChI=1S/C20H21ClN4O2S2/c21-16-4-1-3-15(13-16)18-7-6-17(28-18)14-24-9-11-25(12-10-24)20-19(29(22,26)27)5-2-8-23-20/h1-8,13H,9-12,14H2,(H2,22,26,27). The minimum Gasteiger partial charge on any atom is -0.353 e. The van der Waals surface area contributed by atoms with Gasteiger partial charge in [-0.15, -0.1) is 11.3 Å². The summed E-state index contributed by atoms with van der Waals surface area (Å²) in [4.78, 5) is 11.2. The molecule has 1 saturated heterocycles. The zero-order valence-corrected chi connectivity index (χ0v) is 18.1. The number of hydrogen-bond donors (Lipinski definition) is 1. The predicted octanol–water partition coefficient (Wildman–Crippen LogP) is 3.43. The van der Waals surface area contributed by atoms with E-state index in [4.69, 9.17) is 16.7 Å². The average molecular weight is 449 g/mol. The van der Waals surface area contributed by atoms with Gasteiger partial charge in [-0.1, -0.05) is 23.7 Å².